The van der Waals surface area contributed by atoms with E-state index in [1.165, 1.54) is 6.33 Å². The van der Waals surface area contributed by atoms with Gasteiger partial charge in [0.2, 0.25) is 0 Å². The van der Waals surface area contributed by atoms with Gasteiger partial charge in [-0.25, -0.2) is 9.97 Å². The highest BCUT2D eigenvalue weighted by molar-refractivity contribution is 5.73. The number of carboxylic acid groups (broad SMARTS) is 1. The first kappa shape index (κ1) is 12.2. The van der Waals surface area contributed by atoms with E-state index in [9.17, 15) is 4.79 Å². The first-order chi connectivity index (χ1) is 8.66. The topological polar surface area (TPSA) is 89.1 Å². The molecule has 2 rings (SSSR count). The van der Waals surface area contributed by atoms with E-state index in [4.69, 9.17) is 10.8 Å². The quantitative estimate of drug-likeness (QED) is 0.839. The maximum Gasteiger partial charge on any atom is 0.320 e. The summed E-state index contributed by atoms with van der Waals surface area (Å²) in [7, 11) is 0. The minimum absolute atomic E-state index is 0.320. The van der Waals surface area contributed by atoms with Gasteiger partial charge < -0.3 is 10.8 Å². The van der Waals surface area contributed by atoms with Crippen LogP contribution < -0.4 is 5.73 Å². The molecule has 0 bridgehead atoms. The fraction of sp³-hybridized carbons (Fsp3) is 0.154. The van der Waals surface area contributed by atoms with Crippen LogP contribution in [0.15, 0.2) is 43.0 Å². The van der Waals surface area contributed by atoms with Crippen LogP contribution in [0, 0.1) is 0 Å². The Morgan fingerprint density at radius 1 is 1.17 bits per heavy atom. The lowest BCUT2D eigenvalue weighted by Crippen LogP contribution is -2.32. The number of nitrogens with two attached hydrogens (primary N) is 1. The summed E-state index contributed by atoms with van der Waals surface area (Å²) in [4.78, 5) is 18.5. The average Bonchev–Trinajstić information content (AvgIpc) is 2.40. The van der Waals surface area contributed by atoms with Crippen LogP contribution in [-0.4, -0.2) is 27.1 Å². The smallest absolute Gasteiger partial charge is 0.320 e. The van der Waals surface area contributed by atoms with E-state index >= 15 is 0 Å². The molecule has 0 aliphatic heterocycles. The summed E-state index contributed by atoms with van der Waals surface area (Å²) in [5.74, 6) is -0.990. The molecule has 3 N–H and O–H groups in total. The number of aromatic nitrogens is 2. The molecule has 0 saturated carbocycles. The second kappa shape index (κ2) is 5.37. The molecule has 2 aromatic rings. The molecule has 1 aromatic carbocycles. The lowest BCUT2D eigenvalue weighted by atomic mass is 10.0. The van der Waals surface area contributed by atoms with Crippen molar-refractivity contribution in [3.8, 4) is 11.1 Å². The van der Waals surface area contributed by atoms with Crippen LogP contribution >= 0.6 is 0 Å². The van der Waals surface area contributed by atoms with E-state index in [1.54, 1.807) is 12.4 Å². The van der Waals surface area contributed by atoms with Crippen molar-refractivity contribution < 1.29 is 9.90 Å². The molecule has 0 aliphatic rings. The van der Waals surface area contributed by atoms with Gasteiger partial charge in [-0.1, -0.05) is 24.3 Å². The van der Waals surface area contributed by atoms with E-state index in [2.05, 4.69) is 9.97 Å². The summed E-state index contributed by atoms with van der Waals surface area (Å²) < 4.78 is 0. The van der Waals surface area contributed by atoms with Gasteiger partial charge in [-0.3, -0.25) is 4.79 Å². The van der Waals surface area contributed by atoms with Crippen molar-refractivity contribution >= 4 is 5.97 Å². The summed E-state index contributed by atoms with van der Waals surface area (Å²) in [5.41, 5.74) is 8.28. The largest absolute Gasteiger partial charge is 0.480 e. The highest BCUT2D eigenvalue weighted by Crippen LogP contribution is 2.18. The van der Waals surface area contributed by atoms with Crippen LogP contribution in [0.1, 0.15) is 5.56 Å². The van der Waals surface area contributed by atoms with Crippen molar-refractivity contribution in [3.05, 3.63) is 48.5 Å². The summed E-state index contributed by atoms with van der Waals surface area (Å²) in [6.07, 6.45) is 5.25. The fourth-order valence-electron chi connectivity index (χ4n) is 1.62. The van der Waals surface area contributed by atoms with Gasteiger partial charge in [-0.05, 0) is 17.5 Å². The molecule has 0 saturated heterocycles. The Morgan fingerprint density at radius 3 is 2.33 bits per heavy atom. The first-order valence-electron chi connectivity index (χ1n) is 5.49. The van der Waals surface area contributed by atoms with Gasteiger partial charge >= 0.3 is 5.97 Å². The lowest BCUT2D eigenvalue weighted by Gasteiger charge is -2.07. The van der Waals surface area contributed by atoms with E-state index in [0.717, 1.165) is 16.7 Å². The van der Waals surface area contributed by atoms with Gasteiger partial charge in [0, 0.05) is 18.0 Å². The summed E-state index contributed by atoms with van der Waals surface area (Å²) in [6.45, 7) is 0. The molecule has 5 heteroatoms. The second-order valence-corrected chi connectivity index (χ2v) is 3.97. The number of carboxylic acids is 1. The highest BCUT2D eigenvalue weighted by atomic mass is 16.4. The van der Waals surface area contributed by atoms with Crippen molar-refractivity contribution in [1.29, 1.82) is 0 Å². The SMILES string of the molecule is N[C@@H](Cc1ccc(-c2cncnc2)cc1)C(=O)O. The van der Waals surface area contributed by atoms with Gasteiger partial charge in [-0.15, -0.1) is 0 Å². The molecule has 0 unspecified atom stereocenters. The van der Waals surface area contributed by atoms with Crippen molar-refractivity contribution in [2.75, 3.05) is 0 Å². The monoisotopic (exact) mass is 243 g/mol. The number of hydrogen-bond donors (Lipinski definition) is 2. The summed E-state index contributed by atoms with van der Waals surface area (Å²) in [6, 6.07) is 6.68. The third kappa shape index (κ3) is 2.89. The predicted molar refractivity (Wildman–Crippen MR) is 66.8 cm³/mol. The number of aliphatic carboxylic acids is 1. The van der Waals surface area contributed by atoms with Crippen LogP contribution in [0.2, 0.25) is 0 Å². The van der Waals surface area contributed by atoms with Crippen molar-refractivity contribution in [2.45, 2.75) is 12.5 Å². The first-order valence-corrected chi connectivity index (χ1v) is 5.49. The van der Waals surface area contributed by atoms with Gasteiger partial charge in [0.15, 0.2) is 0 Å². The van der Waals surface area contributed by atoms with Gasteiger partial charge in [0.05, 0.1) is 0 Å². The summed E-state index contributed by atoms with van der Waals surface area (Å²) in [5, 5.41) is 8.73. The fourth-order valence-corrected chi connectivity index (χ4v) is 1.62. The Labute approximate surface area is 104 Å². The van der Waals surface area contributed by atoms with Gasteiger partial charge in [-0.2, -0.15) is 0 Å². The minimum Gasteiger partial charge on any atom is -0.480 e. The van der Waals surface area contributed by atoms with Crippen molar-refractivity contribution in [3.63, 3.8) is 0 Å². The Kier molecular flexibility index (Phi) is 3.64. The third-order valence-corrected chi connectivity index (χ3v) is 2.62. The van der Waals surface area contributed by atoms with Crippen LogP contribution in [0.25, 0.3) is 11.1 Å². The number of hydrogen-bond acceptors (Lipinski definition) is 4. The number of carbonyl (C=O) groups is 1. The van der Waals surface area contributed by atoms with Gasteiger partial charge in [0.25, 0.3) is 0 Å². The number of rotatable bonds is 4. The van der Waals surface area contributed by atoms with E-state index < -0.39 is 12.0 Å². The molecule has 0 aliphatic carbocycles. The number of nitrogens with zero attached hydrogens (tertiary/aromatic N) is 2. The molecular formula is C13H13N3O2. The molecule has 92 valence electrons. The molecule has 0 radical (unpaired) electrons. The zero-order chi connectivity index (χ0) is 13.0. The molecule has 1 aromatic heterocycles. The van der Waals surface area contributed by atoms with Crippen LogP contribution in [0.3, 0.4) is 0 Å². The Bertz CT molecular complexity index is 526. The molecule has 0 fully saturated rings. The Morgan fingerprint density at radius 2 is 1.78 bits per heavy atom. The van der Waals surface area contributed by atoms with E-state index in [-0.39, 0.29) is 0 Å². The Balaban J connectivity index is 2.13. The minimum atomic E-state index is -0.990. The van der Waals surface area contributed by atoms with Crippen LogP contribution in [0.5, 0.6) is 0 Å². The molecule has 1 atom stereocenters. The van der Waals surface area contributed by atoms with E-state index in [0.29, 0.717) is 6.42 Å². The second-order valence-electron chi connectivity index (χ2n) is 3.97. The third-order valence-electron chi connectivity index (χ3n) is 2.62. The van der Waals surface area contributed by atoms with Crippen LogP contribution in [-0.2, 0) is 11.2 Å². The Hall–Kier alpha value is -2.27. The standard InChI is InChI=1S/C13H13N3O2/c14-12(13(17)18)5-9-1-3-10(4-2-9)11-6-15-8-16-7-11/h1-4,6-8,12H,5,14H2,(H,17,18)/t12-/m0/s1. The molecular weight excluding hydrogens is 230 g/mol. The maximum absolute atomic E-state index is 10.7. The molecule has 1 heterocycles. The number of benzene rings is 1. The molecule has 0 spiro atoms. The average molecular weight is 243 g/mol. The molecule has 0 amide bonds. The van der Waals surface area contributed by atoms with Crippen molar-refractivity contribution in [2.24, 2.45) is 5.73 Å². The highest BCUT2D eigenvalue weighted by Gasteiger charge is 2.11. The molecule has 5 nitrogen and oxygen atoms in total. The van der Waals surface area contributed by atoms with Gasteiger partial charge in [0.1, 0.15) is 12.4 Å². The maximum atomic E-state index is 10.7. The predicted octanol–water partition coefficient (Wildman–Crippen LogP) is 1.10. The zero-order valence-electron chi connectivity index (χ0n) is 9.65. The van der Waals surface area contributed by atoms with Crippen molar-refractivity contribution in [1.82, 2.24) is 9.97 Å². The summed E-state index contributed by atoms with van der Waals surface area (Å²) >= 11 is 0. The lowest BCUT2D eigenvalue weighted by molar-refractivity contribution is -0.138. The zero-order valence-corrected chi connectivity index (χ0v) is 9.65. The molecule has 18 heavy (non-hydrogen) atoms. The van der Waals surface area contributed by atoms with Crippen LogP contribution in [0.4, 0.5) is 0 Å². The normalized spacial score (nSPS) is 12.1. The van der Waals surface area contributed by atoms with E-state index in [1.807, 2.05) is 24.3 Å².